The van der Waals surface area contributed by atoms with Gasteiger partial charge in [-0.2, -0.15) is 0 Å². The molecule has 1 unspecified atom stereocenters. The average molecular weight is 313 g/mol. The van der Waals surface area contributed by atoms with Crippen LogP contribution in [-0.4, -0.2) is 20.7 Å². The summed E-state index contributed by atoms with van der Waals surface area (Å²) < 4.78 is 2.43. The minimum absolute atomic E-state index is 0.0884. The number of aryl methyl sites for hydroxylation is 1. The molecule has 0 saturated carbocycles. The zero-order valence-corrected chi connectivity index (χ0v) is 11.8. The summed E-state index contributed by atoms with van der Waals surface area (Å²) >= 11 is 5.09. The first kappa shape index (κ1) is 12.6. The van der Waals surface area contributed by atoms with Crippen LogP contribution in [-0.2, 0) is 7.05 Å². The molecule has 4 nitrogen and oxygen atoms in total. The SMILES string of the molecule is Cn1nnc(Br)c1C(N)CSc1ccccc1. The first-order valence-corrected chi connectivity index (χ1v) is 6.95. The van der Waals surface area contributed by atoms with Gasteiger partial charge in [-0.05, 0) is 28.1 Å². The molecule has 0 spiro atoms. The Kier molecular flexibility index (Phi) is 4.20. The standard InChI is InChI=1S/C11H13BrN4S/c1-16-10(11(12)14-15-16)9(13)7-17-8-5-3-2-4-6-8/h2-6,9H,7,13H2,1H3. The van der Waals surface area contributed by atoms with E-state index in [2.05, 4.69) is 38.4 Å². The van der Waals surface area contributed by atoms with E-state index in [9.17, 15) is 0 Å². The molecule has 90 valence electrons. The average Bonchev–Trinajstić information content (AvgIpc) is 2.67. The van der Waals surface area contributed by atoms with Crippen LogP contribution in [0, 0.1) is 0 Å². The fourth-order valence-electron chi connectivity index (χ4n) is 1.51. The Labute approximate surface area is 113 Å². The van der Waals surface area contributed by atoms with Gasteiger partial charge >= 0.3 is 0 Å². The Morgan fingerprint density at radius 2 is 2.12 bits per heavy atom. The quantitative estimate of drug-likeness (QED) is 0.881. The fourth-order valence-corrected chi connectivity index (χ4v) is 3.01. The molecular weight excluding hydrogens is 300 g/mol. The summed E-state index contributed by atoms with van der Waals surface area (Å²) in [5, 5.41) is 7.86. The van der Waals surface area contributed by atoms with Gasteiger partial charge in [-0.15, -0.1) is 16.9 Å². The minimum Gasteiger partial charge on any atom is -0.322 e. The lowest BCUT2D eigenvalue weighted by atomic mass is 10.3. The number of thioether (sulfide) groups is 1. The molecule has 2 aromatic rings. The Morgan fingerprint density at radius 3 is 2.71 bits per heavy atom. The van der Waals surface area contributed by atoms with Crippen LogP contribution in [0.1, 0.15) is 11.7 Å². The highest BCUT2D eigenvalue weighted by molar-refractivity contribution is 9.10. The highest BCUT2D eigenvalue weighted by Gasteiger charge is 2.16. The predicted octanol–water partition coefficient (Wildman–Crippen LogP) is 2.37. The molecule has 0 aliphatic heterocycles. The Bertz CT molecular complexity index is 466. The van der Waals surface area contributed by atoms with Gasteiger partial charge in [0, 0.05) is 17.7 Å². The molecule has 0 aliphatic carbocycles. The molecule has 2 N–H and O–H groups in total. The third-order valence-electron chi connectivity index (χ3n) is 2.35. The second kappa shape index (κ2) is 5.66. The minimum atomic E-state index is -0.0884. The van der Waals surface area contributed by atoms with Crippen LogP contribution < -0.4 is 5.73 Å². The van der Waals surface area contributed by atoms with E-state index in [0.717, 1.165) is 16.0 Å². The van der Waals surface area contributed by atoms with Gasteiger partial charge in [-0.3, -0.25) is 0 Å². The van der Waals surface area contributed by atoms with E-state index in [1.165, 1.54) is 4.90 Å². The number of nitrogens with zero attached hydrogens (tertiary/aromatic N) is 3. The molecule has 0 saturated heterocycles. The van der Waals surface area contributed by atoms with Crippen molar-refractivity contribution in [2.75, 3.05) is 5.75 Å². The zero-order chi connectivity index (χ0) is 12.3. The molecule has 1 atom stereocenters. The number of hydrogen-bond acceptors (Lipinski definition) is 4. The number of hydrogen-bond donors (Lipinski definition) is 1. The Hall–Kier alpha value is -0.850. The zero-order valence-electron chi connectivity index (χ0n) is 9.38. The smallest absolute Gasteiger partial charge is 0.153 e. The molecular formula is C11H13BrN4S. The maximum atomic E-state index is 6.14. The summed E-state index contributed by atoms with van der Waals surface area (Å²) in [5.74, 6) is 0.795. The largest absolute Gasteiger partial charge is 0.322 e. The van der Waals surface area contributed by atoms with Crippen LogP contribution >= 0.6 is 27.7 Å². The molecule has 0 aliphatic rings. The lowest BCUT2D eigenvalue weighted by molar-refractivity contribution is 0.640. The number of aromatic nitrogens is 3. The summed E-state index contributed by atoms with van der Waals surface area (Å²) in [6.45, 7) is 0. The van der Waals surface area contributed by atoms with E-state index < -0.39 is 0 Å². The molecule has 2 rings (SSSR count). The first-order chi connectivity index (χ1) is 8.18. The Balaban J connectivity index is 2.01. The van der Waals surface area contributed by atoms with Crippen molar-refractivity contribution in [2.45, 2.75) is 10.9 Å². The van der Waals surface area contributed by atoms with E-state index in [0.29, 0.717) is 0 Å². The van der Waals surface area contributed by atoms with Gasteiger partial charge in [-0.1, -0.05) is 23.4 Å². The molecule has 1 aromatic carbocycles. The van der Waals surface area contributed by atoms with Crippen molar-refractivity contribution in [1.82, 2.24) is 15.0 Å². The molecule has 1 heterocycles. The van der Waals surface area contributed by atoms with Gasteiger partial charge in [0.2, 0.25) is 0 Å². The van der Waals surface area contributed by atoms with Crippen molar-refractivity contribution >= 4 is 27.7 Å². The molecule has 0 amide bonds. The van der Waals surface area contributed by atoms with Crippen molar-refractivity contribution in [2.24, 2.45) is 12.8 Å². The second-order valence-corrected chi connectivity index (χ2v) is 5.46. The highest BCUT2D eigenvalue weighted by atomic mass is 79.9. The topological polar surface area (TPSA) is 56.7 Å². The van der Waals surface area contributed by atoms with Crippen LogP contribution in [0.25, 0.3) is 0 Å². The molecule has 0 bridgehead atoms. The maximum absolute atomic E-state index is 6.14. The lowest BCUT2D eigenvalue weighted by Gasteiger charge is -2.11. The van der Waals surface area contributed by atoms with Gasteiger partial charge in [0.25, 0.3) is 0 Å². The predicted molar refractivity (Wildman–Crippen MR) is 72.8 cm³/mol. The van der Waals surface area contributed by atoms with Crippen LogP contribution in [0.3, 0.4) is 0 Å². The first-order valence-electron chi connectivity index (χ1n) is 5.17. The van der Waals surface area contributed by atoms with Gasteiger partial charge < -0.3 is 5.73 Å². The van der Waals surface area contributed by atoms with Crippen molar-refractivity contribution in [1.29, 1.82) is 0 Å². The second-order valence-electron chi connectivity index (χ2n) is 3.62. The van der Waals surface area contributed by atoms with Crippen LogP contribution in [0.5, 0.6) is 0 Å². The summed E-state index contributed by atoms with van der Waals surface area (Å²) in [6.07, 6.45) is 0. The van der Waals surface area contributed by atoms with Crippen LogP contribution in [0.4, 0.5) is 0 Å². The Morgan fingerprint density at radius 1 is 1.41 bits per heavy atom. The number of benzene rings is 1. The molecule has 0 radical (unpaired) electrons. The summed E-state index contributed by atoms with van der Waals surface area (Å²) in [7, 11) is 1.85. The van der Waals surface area contributed by atoms with E-state index >= 15 is 0 Å². The van der Waals surface area contributed by atoms with Gasteiger partial charge in [0.1, 0.15) is 0 Å². The highest BCUT2D eigenvalue weighted by Crippen LogP contribution is 2.25. The van der Waals surface area contributed by atoms with Crippen molar-refractivity contribution in [3.8, 4) is 0 Å². The fraction of sp³-hybridized carbons (Fsp3) is 0.273. The lowest BCUT2D eigenvalue weighted by Crippen LogP contribution is -2.17. The van der Waals surface area contributed by atoms with Gasteiger partial charge in [-0.25, -0.2) is 4.68 Å². The maximum Gasteiger partial charge on any atom is 0.153 e. The summed E-state index contributed by atoms with van der Waals surface area (Å²) in [5.41, 5.74) is 7.06. The molecule has 0 fully saturated rings. The summed E-state index contributed by atoms with van der Waals surface area (Å²) in [6, 6.07) is 10.1. The van der Waals surface area contributed by atoms with E-state index in [1.54, 1.807) is 16.4 Å². The van der Waals surface area contributed by atoms with Crippen molar-refractivity contribution < 1.29 is 0 Å². The normalized spacial score (nSPS) is 12.6. The van der Waals surface area contributed by atoms with E-state index in [4.69, 9.17) is 5.73 Å². The molecule has 1 aromatic heterocycles. The van der Waals surface area contributed by atoms with Crippen LogP contribution in [0.15, 0.2) is 39.8 Å². The molecule has 17 heavy (non-hydrogen) atoms. The van der Waals surface area contributed by atoms with E-state index in [1.807, 2.05) is 25.2 Å². The van der Waals surface area contributed by atoms with Crippen LogP contribution in [0.2, 0.25) is 0 Å². The number of halogens is 1. The van der Waals surface area contributed by atoms with Crippen molar-refractivity contribution in [3.05, 3.63) is 40.6 Å². The monoisotopic (exact) mass is 312 g/mol. The van der Waals surface area contributed by atoms with E-state index in [-0.39, 0.29) is 6.04 Å². The van der Waals surface area contributed by atoms with Gasteiger partial charge in [0.05, 0.1) is 11.7 Å². The third-order valence-corrected chi connectivity index (χ3v) is 4.05. The molecule has 6 heteroatoms. The summed E-state index contributed by atoms with van der Waals surface area (Å²) in [4.78, 5) is 1.22. The van der Waals surface area contributed by atoms with Gasteiger partial charge in [0.15, 0.2) is 4.60 Å². The van der Waals surface area contributed by atoms with Crippen molar-refractivity contribution in [3.63, 3.8) is 0 Å². The number of rotatable bonds is 4. The third kappa shape index (κ3) is 3.08. The number of nitrogens with two attached hydrogens (primary N) is 1.